The molecule has 0 atom stereocenters. The molecular formula is C16H14BrClO3. The zero-order valence-corrected chi connectivity index (χ0v) is 13.8. The number of hydrogen-bond acceptors (Lipinski definition) is 3. The van der Waals surface area contributed by atoms with Crippen molar-refractivity contribution in [2.75, 3.05) is 6.61 Å². The van der Waals surface area contributed by atoms with Crippen LogP contribution in [0.25, 0.3) is 0 Å². The molecular weight excluding hydrogens is 356 g/mol. The molecule has 0 aliphatic carbocycles. The summed E-state index contributed by atoms with van der Waals surface area (Å²) in [4.78, 5) is 12.1. The summed E-state index contributed by atoms with van der Waals surface area (Å²) in [6.45, 7) is 2.63. The average molecular weight is 370 g/mol. The summed E-state index contributed by atoms with van der Waals surface area (Å²) >= 11 is 9.33. The topological polar surface area (TPSA) is 35.5 Å². The molecule has 21 heavy (non-hydrogen) atoms. The molecule has 110 valence electrons. The zero-order chi connectivity index (χ0) is 15.2. The zero-order valence-electron chi connectivity index (χ0n) is 11.4. The molecule has 0 spiro atoms. The van der Waals surface area contributed by atoms with Crippen LogP contribution in [0.2, 0.25) is 5.02 Å². The number of esters is 1. The number of rotatable bonds is 5. The van der Waals surface area contributed by atoms with Gasteiger partial charge in [0, 0.05) is 4.47 Å². The van der Waals surface area contributed by atoms with Gasteiger partial charge in [-0.1, -0.05) is 40.5 Å². The van der Waals surface area contributed by atoms with Gasteiger partial charge in [0.05, 0.1) is 17.2 Å². The molecule has 2 rings (SSSR count). The predicted molar refractivity (Wildman–Crippen MR) is 86.3 cm³/mol. The Labute approximate surface area is 137 Å². The summed E-state index contributed by atoms with van der Waals surface area (Å²) in [5, 5.41) is 0.371. The summed E-state index contributed by atoms with van der Waals surface area (Å²) < 4.78 is 11.6. The second-order valence-electron chi connectivity index (χ2n) is 4.34. The largest absolute Gasteiger partial charge is 0.494 e. The maximum atomic E-state index is 12.1. The minimum Gasteiger partial charge on any atom is -0.494 e. The summed E-state index contributed by atoms with van der Waals surface area (Å²) in [7, 11) is 0. The van der Waals surface area contributed by atoms with Crippen LogP contribution in [0.15, 0.2) is 46.9 Å². The number of ether oxygens (including phenoxy) is 2. The van der Waals surface area contributed by atoms with Crippen molar-refractivity contribution in [2.45, 2.75) is 13.3 Å². The van der Waals surface area contributed by atoms with Gasteiger partial charge in [-0.3, -0.25) is 0 Å². The van der Waals surface area contributed by atoms with E-state index >= 15 is 0 Å². The van der Waals surface area contributed by atoms with E-state index < -0.39 is 5.97 Å². The van der Waals surface area contributed by atoms with Gasteiger partial charge in [-0.05, 0) is 42.8 Å². The summed E-state index contributed by atoms with van der Waals surface area (Å²) in [6, 6.07) is 12.0. The van der Waals surface area contributed by atoms with Crippen LogP contribution in [-0.4, -0.2) is 12.6 Å². The van der Waals surface area contributed by atoms with Gasteiger partial charge in [-0.25, -0.2) is 4.79 Å². The highest BCUT2D eigenvalue weighted by Crippen LogP contribution is 2.28. The number of carbonyl (C=O) groups excluding carboxylic acids is 1. The SMILES string of the molecule is CCCOc1cccc(C(=O)Oc2ccc(Br)cc2Cl)c1. The van der Waals surface area contributed by atoms with E-state index in [2.05, 4.69) is 15.9 Å². The molecule has 0 aliphatic heterocycles. The molecule has 2 aromatic rings. The van der Waals surface area contributed by atoms with Gasteiger partial charge in [0.2, 0.25) is 0 Å². The Morgan fingerprint density at radius 1 is 1.24 bits per heavy atom. The first-order chi connectivity index (χ1) is 10.1. The van der Waals surface area contributed by atoms with E-state index in [9.17, 15) is 4.79 Å². The highest BCUT2D eigenvalue weighted by atomic mass is 79.9. The first kappa shape index (κ1) is 15.9. The lowest BCUT2D eigenvalue weighted by molar-refractivity contribution is 0.0734. The molecule has 0 saturated heterocycles. The third-order valence-electron chi connectivity index (χ3n) is 2.64. The van der Waals surface area contributed by atoms with Crippen LogP contribution >= 0.6 is 27.5 Å². The predicted octanol–water partition coefficient (Wildman–Crippen LogP) is 5.11. The van der Waals surface area contributed by atoms with Gasteiger partial charge >= 0.3 is 5.97 Å². The minimum atomic E-state index is -0.471. The number of carbonyl (C=O) groups is 1. The van der Waals surface area contributed by atoms with E-state index in [1.54, 1.807) is 42.5 Å². The molecule has 5 heteroatoms. The van der Waals surface area contributed by atoms with Crippen LogP contribution in [0.4, 0.5) is 0 Å². The van der Waals surface area contributed by atoms with Crippen molar-refractivity contribution in [1.82, 2.24) is 0 Å². The molecule has 0 bridgehead atoms. The fourth-order valence-electron chi connectivity index (χ4n) is 1.65. The van der Waals surface area contributed by atoms with Crippen LogP contribution < -0.4 is 9.47 Å². The highest BCUT2D eigenvalue weighted by molar-refractivity contribution is 9.10. The van der Waals surface area contributed by atoms with Gasteiger partial charge in [0.15, 0.2) is 0 Å². The second-order valence-corrected chi connectivity index (χ2v) is 5.66. The maximum absolute atomic E-state index is 12.1. The normalized spacial score (nSPS) is 10.2. The average Bonchev–Trinajstić information content (AvgIpc) is 2.48. The van der Waals surface area contributed by atoms with Crippen LogP contribution in [0.3, 0.4) is 0 Å². The van der Waals surface area contributed by atoms with E-state index in [4.69, 9.17) is 21.1 Å². The van der Waals surface area contributed by atoms with E-state index in [1.165, 1.54) is 0 Å². The lowest BCUT2D eigenvalue weighted by Crippen LogP contribution is -2.09. The third kappa shape index (κ3) is 4.48. The van der Waals surface area contributed by atoms with Gasteiger partial charge < -0.3 is 9.47 Å². The van der Waals surface area contributed by atoms with E-state index in [-0.39, 0.29) is 0 Å². The fraction of sp³-hybridized carbons (Fsp3) is 0.188. The second kappa shape index (κ2) is 7.48. The molecule has 0 N–H and O–H groups in total. The van der Waals surface area contributed by atoms with Crippen LogP contribution in [0.1, 0.15) is 23.7 Å². The Hall–Kier alpha value is -1.52. The van der Waals surface area contributed by atoms with Crippen LogP contribution in [0.5, 0.6) is 11.5 Å². The van der Waals surface area contributed by atoms with Crippen molar-refractivity contribution in [3.05, 3.63) is 57.5 Å². The fourth-order valence-corrected chi connectivity index (χ4v) is 2.36. The molecule has 2 aromatic carbocycles. The summed E-state index contributed by atoms with van der Waals surface area (Å²) in [5.41, 5.74) is 0.419. The van der Waals surface area contributed by atoms with Gasteiger partial charge in [0.25, 0.3) is 0 Å². The summed E-state index contributed by atoms with van der Waals surface area (Å²) in [6.07, 6.45) is 0.906. The molecule has 0 radical (unpaired) electrons. The van der Waals surface area contributed by atoms with Crippen molar-refractivity contribution in [2.24, 2.45) is 0 Å². The number of benzene rings is 2. The minimum absolute atomic E-state index is 0.324. The Morgan fingerprint density at radius 2 is 2.05 bits per heavy atom. The van der Waals surface area contributed by atoms with Crippen molar-refractivity contribution in [3.63, 3.8) is 0 Å². The molecule has 0 amide bonds. The molecule has 0 heterocycles. The highest BCUT2D eigenvalue weighted by Gasteiger charge is 2.12. The molecule has 0 unspecified atom stereocenters. The molecule has 0 aliphatic rings. The van der Waals surface area contributed by atoms with Crippen molar-refractivity contribution in [1.29, 1.82) is 0 Å². The first-order valence-electron chi connectivity index (χ1n) is 6.50. The van der Waals surface area contributed by atoms with E-state index in [0.29, 0.717) is 28.7 Å². The van der Waals surface area contributed by atoms with E-state index in [0.717, 1.165) is 10.9 Å². The third-order valence-corrected chi connectivity index (χ3v) is 3.43. The molecule has 3 nitrogen and oxygen atoms in total. The molecule has 0 saturated carbocycles. The van der Waals surface area contributed by atoms with Gasteiger partial charge in [0.1, 0.15) is 11.5 Å². The lowest BCUT2D eigenvalue weighted by atomic mass is 10.2. The number of hydrogen-bond donors (Lipinski definition) is 0. The standard InChI is InChI=1S/C16H14BrClO3/c1-2-8-20-13-5-3-4-11(9-13)16(19)21-15-7-6-12(17)10-14(15)18/h3-7,9-10H,2,8H2,1H3. The Morgan fingerprint density at radius 3 is 2.76 bits per heavy atom. The summed E-state index contributed by atoms with van der Waals surface area (Å²) in [5.74, 6) is 0.499. The van der Waals surface area contributed by atoms with Gasteiger partial charge in [-0.2, -0.15) is 0 Å². The van der Waals surface area contributed by atoms with Crippen molar-refractivity contribution >= 4 is 33.5 Å². The Bertz CT molecular complexity index is 643. The lowest BCUT2D eigenvalue weighted by Gasteiger charge is -2.08. The monoisotopic (exact) mass is 368 g/mol. The first-order valence-corrected chi connectivity index (χ1v) is 7.67. The van der Waals surface area contributed by atoms with Crippen molar-refractivity contribution < 1.29 is 14.3 Å². The van der Waals surface area contributed by atoms with Crippen LogP contribution in [-0.2, 0) is 0 Å². The Kier molecular flexibility index (Phi) is 5.65. The van der Waals surface area contributed by atoms with Gasteiger partial charge in [-0.15, -0.1) is 0 Å². The van der Waals surface area contributed by atoms with E-state index in [1.807, 2.05) is 6.92 Å². The number of halogens is 2. The smallest absolute Gasteiger partial charge is 0.343 e. The Balaban J connectivity index is 2.12. The van der Waals surface area contributed by atoms with Crippen molar-refractivity contribution in [3.8, 4) is 11.5 Å². The molecule has 0 aromatic heterocycles. The van der Waals surface area contributed by atoms with Crippen LogP contribution in [0, 0.1) is 0 Å². The quantitative estimate of drug-likeness (QED) is 0.542. The maximum Gasteiger partial charge on any atom is 0.343 e. The molecule has 0 fully saturated rings.